The summed E-state index contributed by atoms with van der Waals surface area (Å²) in [5, 5.41) is 32.2. The molecule has 0 spiro atoms. The van der Waals surface area contributed by atoms with Gasteiger partial charge in [-0.1, -0.05) is 29.8 Å². The van der Waals surface area contributed by atoms with Crippen LogP contribution >= 0.6 is 11.6 Å². The zero-order valence-electron chi connectivity index (χ0n) is 11.5. The van der Waals surface area contributed by atoms with Crippen molar-refractivity contribution in [2.24, 2.45) is 0 Å². The second kappa shape index (κ2) is 6.77. The molecule has 22 heavy (non-hydrogen) atoms. The summed E-state index contributed by atoms with van der Waals surface area (Å²) in [5.41, 5.74) is 6.92. The monoisotopic (exact) mass is 313 g/mol. The zero-order chi connectivity index (χ0) is 16.1. The summed E-state index contributed by atoms with van der Waals surface area (Å²) in [6.07, 6.45) is 1.55. The molecular weight excluding hydrogens is 302 g/mol. The molecule has 3 N–H and O–H groups in total. The van der Waals surface area contributed by atoms with Crippen molar-refractivity contribution in [1.29, 1.82) is 10.5 Å². The van der Waals surface area contributed by atoms with Crippen LogP contribution in [0, 0.1) is 22.7 Å². The molecule has 0 fully saturated rings. The largest absolute Gasteiger partial charge is 0.394 e. The maximum atomic E-state index is 9.37. The van der Waals surface area contributed by atoms with Gasteiger partial charge in [-0.05, 0) is 17.7 Å². The first kappa shape index (κ1) is 15.6. The van der Waals surface area contributed by atoms with E-state index in [0.717, 1.165) is 0 Å². The lowest BCUT2D eigenvalue weighted by Crippen LogP contribution is -2.07. The summed E-state index contributed by atoms with van der Waals surface area (Å²) in [6.45, 7) is -0.0301. The average molecular weight is 314 g/mol. The second-order valence-electron chi connectivity index (χ2n) is 4.36. The van der Waals surface area contributed by atoms with Crippen LogP contribution in [-0.4, -0.2) is 21.5 Å². The van der Waals surface area contributed by atoms with Gasteiger partial charge >= 0.3 is 0 Å². The van der Waals surface area contributed by atoms with Crippen LogP contribution in [0.5, 0.6) is 0 Å². The number of hydrogen-bond donors (Lipinski definition) is 2. The molecule has 0 aliphatic heterocycles. The van der Waals surface area contributed by atoms with Crippen LogP contribution < -0.4 is 5.73 Å². The number of allylic oxidation sites excluding steroid dienone is 1. The van der Waals surface area contributed by atoms with Crippen molar-refractivity contribution < 1.29 is 5.11 Å². The molecule has 0 radical (unpaired) electrons. The molecule has 0 saturated heterocycles. The fraction of sp³-hybridized carbons (Fsp3) is 0.133. The predicted octanol–water partition coefficient (Wildman–Crippen LogP) is 2.05. The minimum atomic E-state index is -0.174. The van der Waals surface area contributed by atoms with E-state index >= 15 is 0 Å². The highest BCUT2D eigenvalue weighted by Crippen LogP contribution is 2.26. The summed E-state index contributed by atoms with van der Waals surface area (Å²) in [4.78, 5) is 0. The molecular formula is C15H12ClN5O. The van der Waals surface area contributed by atoms with Gasteiger partial charge in [0.15, 0.2) is 0 Å². The molecule has 7 heteroatoms. The number of nitrogen functional groups attached to an aromatic ring is 1. The molecule has 1 aromatic heterocycles. The van der Waals surface area contributed by atoms with Gasteiger partial charge < -0.3 is 10.8 Å². The van der Waals surface area contributed by atoms with E-state index in [1.165, 1.54) is 4.68 Å². The standard InChI is InChI=1S/C15H12ClN5O/c16-13-4-2-1-3-10(13)7-11(8-17)14-12(9-18)15(19)21(20-14)5-6-22/h1-4,7,22H,5-6,19H2/b11-7-. The summed E-state index contributed by atoms with van der Waals surface area (Å²) in [6, 6.07) is 11.0. The van der Waals surface area contributed by atoms with E-state index in [2.05, 4.69) is 5.10 Å². The predicted molar refractivity (Wildman–Crippen MR) is 83.4 cm³/mol. The number of nitrogens with zero attached hydrogens (tertiary/aromatic N) is 4. The van der Waals surface area contributed by atoms with Gasteiger partial charge in [0.05, 0.1) is 18.7 Å². The Hall–Kier alpha value is -2.80. The third kappa shape index (κ3) is 2.94. The number of aliphatic hydroxyl groups is 1. The SMILES string of the molecule is N#C/C(=C/c1ccccc1Cl)c1nn(CCO)c(N)c1C#N. The molecule has 6 nitrogen and oxygen atoms in total. The van der Waals surface area contributed by atoms with E-state index in [4.69, 9.17) is 22.4 Å². The Morgan fingerprint density at radius 3 is 2.73 bits per heavy atom. The van der Waals surface area contributed by atoms with Gasteiger partial charge in [-0.2, -0.15) is 15.6 Å². The molecule has 0 bridgehead atoms. The number of aliphatic hydroxyl groups excluding tert-OH is 1. The Morgan fingerprint density at radius 1 is 1.41 bits per heavy atom. The van der Waals surface area contributed by atoms with Crippen molar-refractivity contribution in [2.75, 3.05) is 12.3 Å². The summed E-state index contributed by atoms with van der Waals surface area (Å²) in [7, 11) is 0. The lowest BCUT2D eigenvalue weighted by atomic mass is 10.1. The lowest BCUT2D eigenvalue weighted by molar-refractivity contribution is 0.270. The highest BCUT2D eigenvalue weighted by atomic mass is 35.5. The van der Waals surface area contributed by atoms with Gasteiger partial charge in [0, 0.05) is 5.02 Å². The normalized spacial score (nSPS) is 11.0. The second-order valence-corrected chi connectivity index (χ2v) is 4.77. The van der Waals surface area contributed by atoms with Gasteiger partial charge in [-0.3, -0.25) is 0 Å². The number of halogens is 1. The topological polar surface area (TPSA) is 112 Å². The average Bonchev–Trinajstić information content (AvgIpc) is 2.83. The van der Waals surface area contributed by atoms with E-state index in [9.17, 15) is 10.5 Å². The maximum Gasteiger partial charge on any atom is 0.140 e. The fourth-order valence-electron chi connectivity index (χ4n) is 1.94. The van der Waals surface area contributed by atoms with Gasteiger partial charge in [0.2, 0.25) is 0 Å². The van der Waals surface area contributed by atoms with E-state index < -0.39 is 0 Å². The van der Waals surface area contributed by atoms with Gasteiger partial charge in [-0.15, -0.1) is 0 Å². The number of hydrogen-bond acceptors (Lipinski definition) is 5. The quantitative estimate of drug-likeness (QED) is 0.839. The van der Waals surface area contributed by atoms with Crippen LogP contribution in [-0.2, 0) is 6.54 Å². The number of nitriles is 2. The molecule has 2 aromatic rings. The highest BCUT2D eigenvalue weighted by molar-refractivity contribution is 6.32. The van der Waals surface area contributed by atoms with Crippen LogP contribution in [0.15, 0.2) is 24.3 Å². The van der Waals surface area contributed by atoms with Crippen molar-refractivity contribution in [3.63, 3.8) is 0 Å². The highest BCUT2D eigenvalue weighted by Gasteiger charge is 2.18. The van der Waals surface area contributed by atoms with Crippen molar-refractivity contribution in [3.05, 3.63) is 46.1 Å². The molecule has 110 valence electrons. The van der Waals surface area contributed by atoms with Crippen LogP contribution in [0.4, 0.5) is 5.82 Å². The first-order valence-corrected chi connectivity index (χ1v) is 6.74. The number of nitrogens with two attached hydrogens (primary N) is 1. The fourth-order valence-corrected chi connectivity index (χ4v) is 2.13. The van der Waals surface area contributed by atoms with Crippen LogP contribution in [0.2, 0.25) is 5.02 Å². The Balaban J connectivity index is 2.58. The van der Waals surface area contributed by atoms with Crippen molar-refractivity contribution >= 4 is 29.1 Å². The number of benzene rings is 1. The van der Waals surface area contributed by atoms with Crippen LogP contribution in [0.1, 0.15) is 16.8 Å². The molecule has 1 heterocycles. The molecule has 0 aliphatic carbocycles. The van der Waals surface area contributed by atoms with E-state index in [1.54, 1.807) is 30.3 Å². The number of anilines is 1. The third-order valence-electron chi connectivity index (χ3n) is 3.00. The molecule has 1 aromatic carbocycles. The lowest BCUT2D eigenvalue weighted by Gasteiger charge is -1.99. The molecule has 0 amide bonds. The summed E-state index contributed by atoms with van der Waals surface area (Å²) in [5.74, 6) is 0.117. The van der Waals surface area contributed by atoms with Gasteiger partial charge in [0.25, 0.3) is 0 Å². The van der Waals surface area contributed by atoms with Crippen LogP contribution in [0.25, 0.3) is 11.6 Å². The Bertz CT molecular complexity index is 810. The van der Waals surface area contributed by atoms with Crippen molar-refractivity contribution in [2.45, 2.75) is 6.54 Å². The number of rotatable bonds is 4. The summed E-state index contributed by atoms with van der Waals surface area (Å²) >= 11 is 6.07. The maximum absolute atomic E-state index is 9.37. The minimum absolute atomic E-state index is 0.105. The molecule has 0 unspecified atom stereocenters. The Kier molecular flexibility index (Phi) is 4.80. The van der Waals surface area contributed by atoms with Crippen molar-refractivity contribution in [3.8, 4) is 12.1 Å². The Labute approximate surface area is 132 Å². The third-order valence-corrected chi connectivity index (χ3v) is 3.34. The van der Waals surface area contributed by atoms with E-state index in [1.807, 2.05) is 12.1 Å². The molecule has 0 atom stereocenters. The van der Waals surface area contributed by atoms with Gasteiger partial charge in [0.1, 0.15) is 29.2 Å². The first-order valence-electron chi connectivity index (χ1n) is 6.36. The minimum Gasteiger partial charge on any atom is -0.394 e. The molecule has 0 aliphatic rings. The Morgan fingerprint density at radius 2 is 2.14 bits per heavy atom. The molecule has 2 rings (SSSR count). The van der Waals surface area contributed by atoms with E-state index in [0.29, 0.717) is 10.6 Å². The molecule has 0 saturated carbocycles. The first-order chi connectivity index (χ1) is 10.6. The number of aromatic nitrogens is 2. The van der Waals surface area contributed by atoms with E-state index in [-0.39, 0.29) is 35.8 Å². The zero-order valence-corrected chi connectivity index (χ0v) is 12.2. The van der Waals surface area contributed by atoms with Gasteiger partial charge in [-0.25, -0.2) is 4.68 Å². The smallest absolute Gasteiger partial charge is 0.140 e. The van der Waals surface area contributed by atoms with Crippen LogP contribution in [0.3, 0.4) is 0 Å². The summed E-state index contributed by atoms with van der Waals surface area (Å²) < 4.78 is 1.30. The van der Waals surface area contributed by atoms with Crippen molar-refractivity contribution in [1.82, 2.24) is 9.78 Å².